The third-order valence-corrected chi connectivity index (χ3v) is 3.43. The van der Waals surface area contributed by atoms with Crippen LogP contribution in [0.25, 0.3) is 0 Å². The van der Waals surface area contributed by atoms with E-state index in [9.17, 15) is 13.6 Å². The highest BCUT2D eigenvalue weighted by Gasteiger charge is 2.18. The number of amides is 1. The van der Waals surface area contributed by atoms with Crippen molar-refractivity contribution in [2.45, 2.75) is 32.4 Å². The van der Waals surface area contributed by atoms with Crippen LogP contribution >= 0.6 is 0 Å². The number of benzene rings is 1. The molecule has 2 aromatic rings. The lowest BCUT2D eigenvalue weighted by Gasteiger charge is -2.13. The van der Waals surface area contributed by atoms with Gasteiger partial charge in [-0.05, 0) is 19.4 Å². The lowest BCUT2D eigenvalue weighted by molar-refractivity contribution is -0.121. The number of carbonyl (C=O) groups is 1. The van der Waals surface area contributed by atoms with Gasteiger partial charge in [0, 0.05) is 37.0 Å². The molecule has 0 spiro atoms. The number of hydrogen-bond donors (Lipinski definition) is 1. The molecule has 0 aliphatic heterocycles. The molecule has 1 aromatic heterocycles. The topological polar surface area (TPSA) is 70.7 Å². The molecule has 1 heterocycles. The number of aryl methyl sites for hydroxylation is 2. The Morgan fingerprint density at radius 2 is 2.26 bits per heavy atom. The van der Waals surface area contributed by atoms with E-state index >= 15 is 0 Å². The molecule has 2 rings (SSSR count). The number of nitrogens with one attached hydrogen (secondary N) is 1. The maximum atomic E-state index is 13.7. The van der Waals surface area contributed by atoms with Crippen molar-refractivity contribution >= 4 is 5.91 Å². The van der Waals surface area contributed by atoms with E-state index < -0.39 is 17.7 Å². The number of nitriles is 1. The highest BCUT2D eigenvalue weighted by molar-refractivity contribution is 5.76. The van der Waals surface area contributed by atoms with E-state index in [0.29, 0.717) is 19.0 Å². The average molecular weight is 318 g/mol. The minimum Gasteiger partial charge on any atom is -0.337 e. The van der Waals surface area contributed by atoms with Gasteiger partial charge in [0.15, 0.2) is 0 Å². The molecule has 0 saturated carbocycles. The fourth-order valence-corrected chi connectivity index (χ4v) is 2.20. The highest BCUT2D eigenvalue weighted by Crippen LogP contribution is 2.18. The molecule has 1 N–H and O–H groups in total. The summed E-state index contributed by atoms with van der Waals surface area (Å²) in [5.74, 6) is -1.09. The van der Waals surface area contributed by atoms with Crippen LogP contribution in [0.4, 0.5) is 8.78 Å². The standard InChI is InChI=1S/C16H16F2N4O/c1-11-20-6-8-22(11)7-2-3-16(23)21-15(10-19)13-5-4-12(17)9-14(13)18/h4-6,8-9,15H,2-3,7H2,1H3,(H,21,23)/t15-/m0/s1. The molecule has 0 radical (unpaired) electrons. The van der Waals surface area contributed by atoms with Crippen molar-refractivity contribution in [3.8, 4) is 6.07 Å². The van der Waals surface area contributed by atoms with Gasteiger partial charge in [0.05, 0.1) is 6.07 Å². The van der Waals surface area contributed by atoms with Crippen LogP contribution in [0.5, 0.6) is 0 Å². The third-order valence-electron chi connectivity index (χ3n) is 3.43. The molecule has 0 fully saturated rings. The zero-order valence-electron chi connectivity index (χ0n) is 12.6. The number of aromatic nitrogens is 2. The summed E-state index contributed by atoms with van der Waals surface area (Å²) in [5.41, 5.74) is -0.0484. The normalized spacial score (nSPS) is 11.7. The summed E-state index contributed by atoms with van der Waals surface area (Å²) in [6.45, 7) is 2.49. The lowest BCUT2D eigenvalue weighted by Crippen LogP contribution is -2.28. The summed E-state index contributed by atoms with van der Waals surface area (Å²) in [6.07, 6.45) is 4.25. The van der Waals surface area contributed by atoms with Crippen molar-refractivity contribution in [1.82, 2.24) is 14.9 Å². The van der Waals surface area contributed by atoms with Gasteiger partial charge in [0.1, 0.15) is 23.5 Å². The van der Waals surface area contributed by atoms with Gasteiger partial charge in [-0.1, -0.05) is 6.07 Å². The van der Waals surface area contributed by atoms with Crippen molar-refractivity contribution in [2.24, 2.45) is 0 Å². The molecule has 0 aliphatic carbocycles. The van der Waals surface area contributed by atoms with Crippen molar-refractivity contribution in [1.29, 1.82) is 5.26 Å². The third kappa shape index (κ3) is 4.36. The predicted molar refractivity (Wildman–Crippen MR) is 79.1 cm³/mol. The van der Waals surface area contributed by atoms with Crippen LogP contribution in [0.15, 0.2) is 30.6 Å². The van der Waals surface area contributed by atoms with Gasteiger partial charge in [-0.15, -0.1) is 0 Å². The van der Waals surface area contributed by atoms with Crippen molar-refractivity contribution in [2.75, 3.05) is 0 Å². The zero-order valence-corrected chi connectivity index (χ0v) is 12.6. The average Bonchev–Trinajstić information content (AvgIpc) is 2.91. The van der Waals surface area contributed by atoms with E-state index in [1.54, 1.807) is 6.20 Å². The number of imidazole rings is 1. The van der Waals surface area contributed by atoms with E-state index in [1.807, 2.05) is 23.8 Å². The minimum absolute atomic E-state index is 0.0484. The van der Waals surface area contributed by atoms with Gasteiger partial charge in [0.25, 0.3) is 0 Å². The van der Waals surface area contributed by atoms with E-state index in [2.05, 4.69) is 10.3 Å². The van der Waals surface area contributed by atoms with Crippen LogP contribution in [0.1, 0.15) is 30.3 Å². The Balaban J connectivity index is 1.90. The number of nitrogens with zero attached hydrogens (tertiary/aromatic N) is 3. The second-order valence-corrected chi connectivity index (χ2v) is 5.07. The van der Waals surface area contributed by atoms with Crippen molar-refractivity contribution in [3.05, 3.63) is 53.6 Å². The van der Waals surface area contributed by atoms with E-state index in [1.165, 1.54) is 0 Å². The van der Waals surface area contributed by atoms with Gasteiger partial charge in [0.2, 0.25) is 5.91 Å². The molecule has 1 amide bonds. The van der Waals surface area contributed by atoms with Gasteiger partial charge in [-0.2, -0.15) is 5.26 Å². The Morgan fingerprint density at radius 3 is 2.87 bits per heavy atom. The minimum atomic E-state index is -1.14. The molecule has 23 heavy (non-hydrogen) atoms. The first-order valence-corrected chi connectivity index (χ1v) is 7.13. The Kier molecular flexibility index (Phi) is 5.41. The fourth-order valence-electron chi connectivity index (χ4n) is 2.20. The molecule has 1 atom stereocenters. The Hall–Kier alpha value is -2.75. The fraction of sp³-hybridized carbons (Fsp3) is 0.312. The van der Waals surface area contributed by atoms with Crippen LogP contribution in [-0.4, -0.2) is 15.5 Å². The molecule has 5 nitrogen and oxygen atoms in total. The molecule has 0 aliphatic rings. The first-order chi connectivity index (χ1) is 11.0. The van der Waals surface area contributed by atoms with E-state index in [-0.39, 0.29) is 17.9 Å². The first kappa shape index (κ1) is 16.6. The molecular formula is C16H16F2N4O. The smallest absolute Gasteiger partial charge is 0.221 e. The van der Waals surface area contributed by atoms with Gasteiger partial charge in [-0.3, -0.25) is 4.79 Å². The van der Waals surface area contributed by atoms with E-state index in [0.717, 1.165) is 18.0 Å². The van der Waals surface area contributed by atoms with Crippen molar-refractivity contribution < 1.29 is 13.6 Å². The van der Waals surface area contributed by atoms with Crippen LogP contribution in [0.3, 0.4) is 0 Å². The van der Waals surface area contributed by atoms with E-state index in [4.69, 9.17) is 5.26 Å². The van der Waals surface area contributed by atoms with Gasteiger partial charge < -0.3 is 9.88 Å². The molecule has 7 heteroatoms. The van der Waals surface area contributed by atoms with Crippen molar-refractivity contribution in [3.63, 3.8) is 0 Å². The van der Waals surface area contributed by atoms with Gasteiger partial charge >= 0.3 is 0 Å². The number of halogens is 2. The molecule has 0 unspecified atom stereocenters. The first-order valence-electron chi connectivity index (χ1n) is 7.13. The molecule has 0 saturated heterocycles. The molecule has 1 aromatic carbocycles. The quantitative estimate of drug-likeness (QED) is 0.890. The largest absolute Gasteiger partial charge is 0.337 e. The molecule has 120 valence electrons. The number of hydrogen-bond acceptors (Lipinski definition) is 3. The molecular weight excluding hydrogens is 302 g/mol. The van der Waals surface area contributed by atoms with Gasteiger partial charge in [-0.25, -0.2) is 13.8 Å². The Bertz CT molecular complexity index is 736. The van der Waals surface area contributed by atoms with Crippen LogP contribution in [-0.2, 0) is 11.3 Å². The highest BCUT2D eigenvalue weighted by atomic mass is 19.1. The summed E-state index contributed by atoms with van der Waals surface area (Å²) in [7, 11) is 0. The summed E-state index contributed by atoms with van der Waals surface area (Å²) in [6, 6.07) is 3.57. The van der Waals surface area contributed by atoms with Crippen LogP contribution < -0.4 is 5.32 Å². The number of carbonyl (C=O) groups excluding carboxylic acids is 1. The molecule has 0 bridgehead atoms. The Morgan fingerprint density at radius 1 is 1.48 bits per heavy atom. The Labute approximate surface area is 132 Å². The summed E-state index contributed by atoms with van der Waals surface area (Å²) in [5, 5.41) is 11.5. The van der Waals surface area contributed by atoms with Crippen LogP contribution in [0, 0.1) is 29.9 Å². The van der Waals surface area contributed by atoms with Crippen LogP contribution in [0.2, 0.25) is 0 Å². The summed E-state index contributed by atoms with van der Waals surface area (Å²) < 4.78 is 28.5. The summed E-state index contributed by atoms with van der Waals surface area (Å²) in [4.78, 5) is 16.0. The maximum Gasteiger partial charge on any atom is 0.221 e. The monoisotopic (exact) mass is 318 g/mol. The predicted octanol–water partition coefficient (Wildman–Crippen LogP) is 2.63. The number of rotatable bonds is 6. The maximum absolute atomic E-state index is 13.7. The SMILES string of the molecule is Cc1nccn1CCCC(=O)N[C@@H](C#N)c1ccc(F)cc1F. The lowest BCUT2D eigenvalue weighted by atomic mass is 10.1. The second kappa shape index (κ2) is 7.49. The second-order valence-electron chi connectivity index (χ2n) is 5.07. The summed E-state index contributed by atoms with van der Waals surface area (Å²) >= 11 is 0. The zero-order chi connectivity index (χ0) is 16.8.